The molecule has 1 fully saturated rings. The molecule has 2 rings (SSSR count). The molecule has 0 amide bonds. The van der Waals surface area contributed by atoms with E-state index in [9.17, 15) is 13.2 Å². The number of benzene rings is 1. The number of carbonyl (C=O) groups is 1. The minimum Gasteiger partial charge on any atom is -0.478 e. The first-order chi connectivity index (χ1) is 9.90. The molecule has 8 heteroatoms. The smallest absolute Gasteiger partial charge is 0.337 e. The van der Waals surface area contributed by atoms with Gasteiger partial charge in [0, 0.05) is 13.2 Å². The monoisotopic (exact) mass is 333 g/mol. The lowest BCUT2D eigenvalue weighted by Gasteiger charge is -2.11. The van der Waals surface area contributed by atoms with Crippen LogP contribution in [-0.4, -0.2) is 38.7 Å². The van der Waals surface area contributed by atoms with E-state index in [2.05, 4.69) is 4.72 Å². The number of hydrogen-bond acceptors (Lipinski definition) is 4. The van der Waals surface area contributed by atoms with Crippen LogP contribution in [0.25, 0.3) is 0 Å². The van der Waals surface area contributed by atoms with Crippen LogP contribution in [-0.2, 0) is 14.8 Å². The second-order valence-electron chi connectivity index (χ2n) is 4.77. The Kier molecular flexibility index (Phi) is 5.21. The first kappa shape index (κ1) is 16.2. The minimum atomic E-state index is -3.70. The number of hydrogen-bond donors (Lipinski definition) is 2. The number of ether oxygens (including phenoxy) is 1. The topological polar surface area (TPSA) is 92.7 Å². The van der Waals surface area contributed by atoms with Crippen LogP contribution in [0.2, 0.25) is 5.02 Å². The fraction of sp³-hybridized carbons (Fsp3) is 0.462. The summed E-state index contributed by atoms with van der Waals surface area (Å²) in [7, 11) is -3.70. The van der Waals surface area contributed by atoms with Crippen molar-refractivity contribution in [1.82, 2.24) is 4.72 Å². The number of carboxylic acids is 1. The van der Waals surface area contributed by atoms with Crippen LogP contribution < -0.4 is 4.72 Å². The molecule has 0 spiro atoms. The third-order valence-corrected chi connectivity index (χ3v) is 5.04. The van der Waals surface area contributed by atoms with E-state index in [1.807, 2.05) is 0 Å². The van der Waals surface area contributed by atoms with Crippen LogP contribution in [0.15, 0.2) is 23.1 Å². The molecule has 1 saturated heterocycles. The Hall–Kier alpha value is -1.15. The van der Waals surface area contributed by atoms with Gasteiger partial charge in [-0.2, -0.15) is 0 Å². The van der Waals surface area contributed by atoms with Crippen molar-refractivity contribution in [2.45, 2.75) is 30.3 Å². The zero-order valence-corrected chi connectivity index (χ0v) is 12.8. The molecule has 0 aromatic heterocycles. The van der Waals surface area contributed by atoms with Gasteiger partial charge in [0.15, 0.2) is 0 Å². The highest BCUT2D eigenvalue weighted by molar-refractivity contribution is 7.89. The van der Waals surface area contributed by atoms with E-state index < -0.39 is 16.0 Å². The van der Waals surface area contributed by atoms with Crippen LogP contribution in [0.5, 0.6) is 0 Å². The van der Waals surface area contributed by atoms with E-state index in [0.717, 1.165) is 25.5 Å². The van der Waals surface area contributed by atoms with Crippen molar-refractivity contribution >= 4 is 27.6 Å². The van der Waals surface area contributed by atoms with Crippen molar-refractivity contribution in [2.24, 2.45) is 0 Å². The number of halogens is 1. The summed E-state index contributed by atoms with van der Waals surface area (Å²) >= 11 is 5.78. The van der Waals surface area contributed by atoms with Gasteiger partial charge in [0.2, 0.25) is 10.0 Å². The van der Waals surface area contributed by atoms with Crippen molar-refractivity contribution < 1.29 is 23.1 Å². The lowest BCUT2D eigenvalue weighted by molar-refractivity contribution is 0.0697. The van der Waals surface area contributed by atoms with Gasteiger partial charge in [-0.25, -0.2) is 17.9 Å². The lowest BCUT2D eigenvalue weighted by Crippen LogP contribution is -2.27. The molecule has 0 bridgehead atoms. The van der Waals surface area contributed by atoms with Crippen molar-refractivity contribution in [2.75, 3.05) is 13.2 Å². The maximum atomic E-state index is 12.1. The first-order valence-corrected chi connectivity index (χ1v) is 8.40. The quantitative estimate of drug-likeness (QED) is 0.829. The molecule has 1 atom stereocenters. The molecular formula is C13H16ClNO5S. The molecule has 2 N–H and O–H groups in total. The van der Waals surface area contributed by atoms with Gasteiger partial charge < -0.3 is 9.84 Å². The van der Waals surface area contributed by atoms with Crippen LogP contribution in [0.1, 0.15) is 29.6 Å². The molecule has 116 valence electrons. The molecule has 1 aromatic rings. The Labute approximate surface area is 128 Å². The Balaban J connectivity index is 2.01. The normalized spacial score (nSPS) is 18.8. The van der Waals surface area contributed by atoms with Crippen molar-refractivity contribution in [1.29, 1.82) is 0 Å². The fourth-order valence-corrected chi connectivity index (χ4v) is 3.55. The highest BCUT2D eigenvalue weighted by Crippen LogP contribution is 2.21. The SMILES string of the molecule is O=C(O)c1ccc(S(=O)(=O)NCCC2CCCO2)cc1Cl. The summed E-state index contributed by atoms with van der Waals surface area (Å²) in [4.78, 5) is 10.8. The van der Waals surface area contributed by atoms with Crippen LogP contribution in [0, 0.1) is 0 Å². The summed E-state index contributed by atoms with van der Waals surface area (Å²) in [5, 5.41) is 8.75. The van der Waals surface area contributed by atoms with Crippen molar-refractivity contribution in [3.63, 3.8) is 0 Å². The lowest BCUT2D eigenvalue weighted by atomic mass is 10.2. The number of sulfonamides is 1. The second-order valence-corrected chi connectivity index (χ2v) is 6.94. The van der Waals surface area contributed by atoms with Crippen molar-refractivity contribution in [3.8, 4) is 0 Å². The summed E-state index contributed by atoms with van der Waals surface area (Å²) in [6.45, 7) is 0.995. The number of nitrogens with one attached hydrogen (secondary N) is 1. The minimum absolute atomic E-state index is 0.0511. The average molecular weight is 334 g/mol. The molecule has 1 aliphatic rings. The van der Waals surface area contributed by atoms with Gasteiger partial charge in [-0.05, 0) is 37.5 Å². The molecule has 1 unspecified atom stereocenters. The van der Waals surface area contributed by atoms with E-state index in [0.29, 0.717) is 6.42 Å². The fourth-order valence-electron chi connectivity index (χ4n) is 2.15. The molecular weight excluding hydrogens is 318 g/mol. The third-order valence-electron chi connectivity index (χ3n) is 3.26. The summed E-state index contributed by atoms with van der Waals surface area (Å²) in [5.74, 6) is -1.20. The molecule has 1 heterocycles. The van der Waals surface area contributed by atoms with Gasteiger partial charge in [0.1, 0.15) is 0 Å². The molecule has 0 aliphatic carbocycles. The van der Waals surface area contributed by atoms with Crippen LogP contribution >= 0.6 is 11.6 Å². The molecule has 0 radical (unpaired) electrons. The van der Waals surface area contributed by atoms with Gasteiger partial charge in [-0.1, -0.05) is 11.6 Å². The van der Waals surface area contributed by atoms with E-state index >= 15 is 0 Å². The van der Waals surface area contributed by atoms with Gasteiger partial charge in [-0.15, -0.1) is 0 Å². The predicted octanol–water partition coefficient (Wildman–Crippen LogP) is 1.89. The summed E-state index contributed by atoms with van der Waals surface area (Å²) < 4.78 is 32.0. The Morgan fingerprint density at radius 1 is 1.48 bits per heavy atom. The average Bonchev–Trinajstić information content (AvgIpc) is 2.91. The predicted molar refractivity (Wildman–Crippen MR) is 77.2 cm³/mol. The Morgan fingerprint density at radius 3 is 2.81 bits per heavy atom. The van der Waals surface area contributed by atoms with Gasteiger partial charge in [0.25, 0.3) is 0 Å². The summed E-state index contributed by atoms with van der Waals surface area (Å²) in [6.07, 6.45) is 2.66. The number of aromatic carboxylic acids is 1. The van der Waals surface area contributed by atoms with Gasteiger partial charge >= 0.3 is 5.97 Å². The third kappa shape index (κ3) is 4.16. The molecule has 1 aliphatic heterocycles. The highest BCUT2D eigenvalue weighted by atomic mass is 35.5. The highest BCUT2D eigenvalue weighted by Gasteiger charge is 2.19. The van der Waals surface area contributed by atoms with Gasteiger partial charge in [0.05, 0.1) is 21.6 Å². The summed E-state index contributed by atoms with van der Waals surface area (Å²) in [5.41, 5.74) is -0.130. The van der Waals surface area contributed by atoms with E-state index in [-0.39, 0.29) is 28.1 Å². The van der Waals surface area contributed by atoms with Crippen LogP contribution in [0.4, 0.5) is 0 Å². The number of carboxylic acid groups (broad SMARTS) is 1. The maximum absolute atomic E-state index is 12.1. The van der Waals surface area contributed by atoms with E-state index in [1.165, 1.54) is 12.1 Å². The van der Waals surface area contributed by atoms with E-state index in [1.54, 1.807) is 0 Å². The van der Waals surface area contributed by atoms with E-state index in [4.69, 9.17) is 21.4 Å². The molecule has 1 aromatic carbocycles. The molecule has 21 heavy (non-hydrogen) atoms. The second kappa shape index (κ2) is 6.74. The van der Waals surface area contributed by atoms with Gasteiger partial charge in [-0.3, -0.25) is 0 Å². The largest absolute Gasteiger partial charge is 0.478 e. The molecule has 0 saturated carbocycles. The standard InChI is InChI=1S/C13H16ClNO5S/c14-12-8-10(3-4-11(12)13(16)17)21(18,19)15-6-5-9-2-1-7-20-9/h3-4,8-9,15H,1-2,5-7H2,(H,16,17). The maximum Gasteiger partial charge on any atom is 0.337 e. The zero-order valence-electron chi connectivity index (χ0n) is 11.2. The molecule has 6 nitrogen and oxygen atoms in total. The van der Waals surface area contributed by atoms with Crippen molar-refractivity contribution in [3.05, 3.63) is 28.8 Å². The number of rotatable bonds is 6. The summed E-state index contributed by atoms with van der Waals surface area (Å²) in [6, 6.07) is 3.54. The Bertz CT molecular complexity index is 625. The first-order valence-electron chi connectivity index (χ1n) is 6.54. The zero-order chi connectivity index (χ0) is 15.5. The Morgan fingerprint density at radius 2 is 2.24 bits per heavy atom. The van der Waals surface area contributed by atoms with Crippen LogP contribution in [0.3, 0.4) is 0 Å².